The highest BCUT2D eigenvalue weighted by Gasteiger charge is 2.11. The first-order valence-corrected chi connectivity index (χ1v) is 8.76. The molecule has 124 valence electrons. The molecule has 0 amide bonds. The molecule has 0 fully saturated rings. The molecule has 0 saturated heterocycles. The van der Waals surface area contributed by atoms with Gasteiger partial charge in [-0.2, -0.15) is 0 Å². The predicted octanol–water partition coefficient (Wildman–Crippen LogP) is 3.16. The molecule has 24 heavy (non-hydrogen) atoms. The van der Waals surface area contributed by atoms with Crippen LogP contribution in [0.4, 0.5) is 16.5 Å². The van der Waals surface area contributed by atoms with Gasteiger partial charge in [-0.25, -0.2) is 4.57 Å². The molecule has 4 nitrogen and oxygen atoms in total. The summed E-state index contributed by atoms with van der Waals surface area (Å²) in [7, 11) is 1.95. The van der Waals surface area contributed by atoms with E-state index >= 15 is 0 Å². The minimum Gasteiger partial charge on any atom is -1.00 e. The summed E-state index contributed by atoms with van der Waals surface area (Å²) in [6.07, 6.45) is 1.97. The van der Waals surface area contributed by atoms with Crippen LogP contribution >= 0.6 is 27.3 Å². The van der Waals surface area contributed by atoms with Crippen LogP contribution < -0.4 is 22.3 Å². The van der Waals surface area contributed by atoms with Gasteiger partial charge in [0.05, 0.1) is 33.0 Å². The second-order valence-corrected chi connectivity index (χ2v) is 7.40. The Balaban J connectivity index is 0.00000208. The average molecular weight is 468 g/mol. The summed E-state index contributed by atoms with van der Waals surface area (Å²) in [5.74, 6) is 0. The molecule has 3 aromatic rings. The van der Waals surface area contributed by atoms with E-state index in [1.165, 1.54) is 5.56 Å². The Bertz CT molecular complexity index is 801. The second-order valence-electron chi connectivity index (χ2n) is 5.01. The van der Waals surface area contributed by atoms with Crippen molar-refractivity contribution in [2.75, 3.05) is 5.32 Å². The maximum Gasteiger partial charge on any atom is 0.318 e. The third-order valence-electron chi connectivity index (χ3n) is 3.24. The summed E-state index contributed by atoms with van der Waals surface area (Å²) >= 11 is 4.99. The standard InChI is InChI=1S/C17H16BrN4S.BrH/c1-22-12-16(18)23-17(22)21-20-15-9-7-14(8-10-15)19-11-13-5-3-2-4-6-13;/h2-10,12,19H,11H2,1H3;1H/q+1;/p-1. The van der Waals surface area contributed by atoms with Crippen LogP contribution in [0.5, 0.6) is 0 Å². The number of thiazole rings is 1. The molecule has 3 rings (SSSR count). The normalized spacial score (nSPS) is 10.6. The van der Waals surface area contributed by atoms with Gasteiger partial charge in [0.25, 0.3) is 0 Å². The topological polar surface area (TPSA) is 41.7 Å². The van der Waals surface area contributed by atoms with E-state index in [9.17, 15) is 0 Å². The third kappa shape index (κ3) is 5.22. The monoisotopic (exact) mass is 466 g/mol. The number of anilines is 1. The second kappa shape index (κ2) is 9.05. The maximum absolute atomic E-state index is 4.28. The van der Waals surface area contributed by atoms with Gasteiger partial charge in [-0.05, 0) is 29.8 Å². The molecule has 7 heteroatoms. The molecule has 1 heterocycles. The van der Waals surface area contributed by atoms with Crippen molar-refractivity contribution in [2.24, 2.45) is 17.3 Å². The van der Waals surface area contributed by atoms with E-state index in [4.69, 9.17) is 0 Å². The highest BCUT2D eigenvalue weighted by atomic mass is 79.9. The SMILES string of the molecule is Cn1cc(Br)s[c+]1N=Nc1ccc(NCc2ccccc2)cc1.[Br-]. The Kier molecular flexibility index (Phi) is 7.08. The minimum absolute atomic E-state index is 0. The number of azo groups is 1. The van der Waals surface area contributed by atoms with Gasteiger partial charge in [-0.15, -0.1) is 5.11 Å². The van der Waals surface area contributed by atoms with E-state index in [0.29, 0.717) is 0 Å². The number of hydrogen-bond donors (Lipinski definition) is 1. The molecule has 0 aliphatic carbocycles. The van der Waals surface area contributed by atoms with Gasteiger partial charge < -0.3 is 22.3 Å². The Morgan fingerprint density at radius 2 is 1.83 bits per heavy atom. The van der Waals surface area contributed by atoms with Gasteiger partial charge in [0.15, 0.2) is 6.20 Å². The number of nitrogens with zero attached hydrogens (tertiary/aromatic N) is 3. The fourth-order valence-corrected chi connectivity index (χ4v) is 3.44. The lowest BCUT2D eigenvalue weighted by Gasteiger charge is -2.06. The number of aromatic nitrogens is 1. The van der Waals surface area contributed by atoms with Crippen molar-refractivity contribution in [3.8, 4) is 0 Å². The van der Waals surface area contributed by atoms with Gasteiger partial charge >= 0.3 is 5.13 Å². The van der Waals surface area contributed by atoms with Crippen molar-refractivity contribution < 1.29 is 17.0 Å². The van der Waals surface area contributed by atoms with Gasteiger partial charge in [0.2, 0.25) is 3.79 Å². The van der Waals surface area contributed by atoms with Crippen LogP contribution in [0.1, 0.15) is 5.56 Å². The van der Waals surface area contributed by atoms with Crippen LogP contribution in [0.3, 0.4) is 0 Å². The Morgan fingerprint density at radius 1 is 1.12 bits per heavy atom. The summed E-state index contributed by atoms with van der Waals surface area (Å²) in [5.41, 5.74) is 3.16. The number of benzene rings is 2. The summed E-state index contributed by atoms with van der Waals surface area (Å²) in [5, 5.41) is 12.8. The molecule has 1 N–H and O–H groups in total. The first-order valence-electron chi connectivity index (χ1n) is 7.15. The lowest BCUT2D eigenvalue weighted by atomic mass is 10.2. The number of halogens is 2. The molecule has 0 aliphatic rings. The van der Waals surface area contributed by atoms with Crippen molar-refractivity contribution in [3.63, 3.8) is 0 Å². The van der Waals surface area contributed by atoms with Gasteiger partial charge in [-0.3, -0.25) is 0 Å². The van der Waals surface area contributed by atoms with E-state index < -0.39 is 0 Å². The van der Waals surface area contributed by atoms with E-state index in [0.717, 1.165) is 26.8 Å². The van der Waals surface area contributed by atoms with Crippen LogP contribution in [0.2, 0.25) is 0 Å². The van der Waals surface area contributed by atoms with E-state index in [1.807, 2.05) is 60.3 Å². The molecule has 0 radical (unpaired) electrons. The molecule has 0 atom stereocenters. The molecule has 1 aromatic heterocycles. The number of hydrogen-bond acceptors (Lipinski definition) is 4. The first kappa shape index (κ1) is 18.8. The summed E-state index contributed by atoms with van der Waals surface area (Å²) in [6, 6.07) is 18.3. The third-order valence-corrected chi connectivity index (χ3v) is 4.79. The highest BCUT2D eigenvalue weighted by molar-refractivity contribution is 9.11. The first-order chi connectivity index (χ1) is 11.2. The van der Waals surface area contributed by atoms with Gasteiger partial charge in [-0.1, -0.05) is 35.4 Å². The van der Waals surface area contributed by atoms with E-state index in [-0.39, 0.29) is 17.0 Å². The molecule has 0 bridgehead atoms. The van der Waals surface area contributed by atoms with Crippen LogP contribution in [0.25, 0.3) is 0 Å². The minimum atomic E-state index is 0. The zero-order valence-corrected chi connectivity index (χ0v) is 17.0. The summed E-state index contributed by atoms with van der Waals surface area (Å²) in [4.78, 5) is 0. The van der Waals surface area contributed by atoms with Crippen LogP contribution in [0.15, 0.2) is 74.8 Å². The van der Waals surface area contributed by atoms with E-state index in [2.05, 4.69) is 43.6 Å². The molecular formula is C17H16Br2N4S. The summed E-state index contributed by atoms with van der Waals surface area (Å²) < 4.78 is 2.98. The fraction of sp³-hybridized carbons (Fsp3) is 0.118. The van der Waals surface area contributed by atoms with Gasteiger partial charge in [0.1, 0.15) is 0 Å². The number of nitrogens with one attached hydrogen (secondary N) is 1. The zero-order chi connectivity index (χ0) is 16.1. The van der Waals surface area contributed by atoms with Crippen LogP contribution in [0, 0.1) is 0 Å². The maximum atomic E-state index is 4.28. The Hall–Kier alpha value is -1.57. The average Bonchev–Trinajstić information content (AvgIpc) is 2.90. The van der Waals surface area contributed by atoms with Crippen LogP contribution in [-0.2, 0) is 13.6 Å². The van der Waals surface area contributed by atoms with Gasteiger partial charge in [0, 0.05) is 19.3 Å². The van der Waals surface area contributed by atoms with Crippen molar-refractivity contribution >= 4 is 43.8 Å². The molecule has 0 unspecified atom stereocenters. The van der Waals surface area contributed by atoms with Crippen molar-refractivity contribution in [2.45, 2.75) is 6.54 Å². The highest BCUT2D eigenvalue weighted by Crippen LogP contribution is 2.30. The quantitative estimate of drug-likeness (QED) is 0.454. The molecule has 0 aliphatic heterocycles. The largest absolute Gasteiger partial charge is 1.00 e. The van der Waals surface area contributed by atoms with Crippen LogP contribution in [-0.4, -0.2) is 4.57 Å². The summed E-state index contributed by atoms with van der Waals surface area (Å²) in [6.45, 7) is 0.806. The molecule has 2 aromatic carbocycles. The molecule has 0 saturated carbocycles. The molecule has 0 spiro atoms. The number of rotatable bonds is 5. The Morgan fingerprint density at radius 3 is 2.46 bits per heavy atom. The zero-order valence-electron chi connectivity index (χ0n) is 13.0. The van der Waals surface area contributed by atoms with E-state index in [1.54, 1.807) is 11.3 Å². The van der Waals surface area contributed by atoms with Crippen molar-refractivity contribution in [1.29, 1.82) is 0 Å². The van der Waals surface area contributed by atoms with Crippen molar-refractivity contribution in [1.82, 2.24) is 4.57 Å². The molecular weight excluding hydrogens is 452 g/mol. The lowest BCUT2D eigenvalue weighted by Crippen LogP contribution is -3.00. The Labute approximate surface area is 164 Å². The predicted molar refractivity (Wildman–Crippen MR) is 99.8 cm³/mol. The lowest BCUT2D eigenvalue weighted by molar-refractivity contribution is -0.00000451. The fourth-order valence-electron chi connectivity index (χ4n) is 2.03. The number of aryl methyl sites for hydroxylation is 1. The smallest absolute Gasteiger partial charge is 0.318 e. The van der Waals surface area contributed by atoms with Crippen molar-refractivity contribution in [3.05, 3.63) is 70.1 Å².